The molecule has 2 aromatic carbocycles. The third-order valence-electron chi connectivity index (χ3n) is 5.70. The third-order valence-corrected chi connectivity index (χ3v) is 7.10. The fraction of sp³-hybridized carbons (Fsp3) is 0.350. The first-order chi connectivity index (χ1) is 12.5. The van der Waals surface area contributed by atoms with Crippen molar-refractivity contribution in [1.82, 2.24) is 0 Å². The molecule has 0 aromatic heterocycles. The van der Waals surface area contributed by atoms with Gasteiger partial charge in [0.15, 0.2) is 11.5 Å². The summed E-state index contributed by atoms with van der Waals surface area (Å²) in [6.45, 7) is 2.89. The molecule has 0 saturated carbocycles. The Kier molecular flexibility index (Phi) is 4.35. The van der Waals surface area contributed by atoms with E-state index in [0.717, 1.165) is 33.6 Å². The summed E-state index contributed by atoms with van der Waals surface area (Å²) in [5, 5.41) is 4.54. The molecule has 2 aromatic rings. The molecule has 2 heterocycles. The molecule has 3 atom stereocenters. The quantitative estimate of drug-likeness (QED) is 0.563. The molecule has 26 heavy (non-hydrogen) atoms. The van der Waals surface area contributed by atoms with Crippen LogP contribution in [0.2, 0.25) is 0 Å². The maximum atomic E-state index is 6.17. The lowest BCUT2D eigenvalue weighted by Crippen LogP contribution is -2.49. The van der Waals surface area contributed by atoms with Crippen molar-refractivity contribution in [2.24, 2.45) is 11.7 Å². The van der Waals surface area contributed by atoms with Gasteiger partial charge in [-0.15, -0.1) is 0 Å². The van der Waals surface area contributed by atoms with Crippen LogP contribution in [-0.2, 0) is 5.41 Å². The first-order valence-corrected chi connectivity index (χ1v) is 10.1. The predicted molar refractivity (Wildman–Crippen MR) is 112 cm³/mol. The number of nitrogens with two attached hydrogens (primary N) is 1. The maximum absolute atomic E-state index is 6.17. The Hall–Kier alpha value is -1.79. The smallest absolute Gasteiger partial charge is 0.166 e. The zero-order valence-electron chi connectivity index (χ0n) is 14.7. The highest BCUT2D eigenvalue weighted by atomic mass is 79.9. The maximum Gasteiger partial charge on any atom is 0.166 e. The molecule has 0 aliphatic carbocycles. The fourth-order valence-corrected chi connectivity index (χ4v) is 4.99. The van der Waals surface area contributed by atoms with Gasteiger partial charge in [-0.1, -0.05) is 47.2 Å². The lowest BCUT2D eigenvalue weighted by molar-refractivity contribution is 0.134. The predicted octanol–water partition coefficient (Wildman–Crippen LogP) is 4.16. The number of thiocarbonyl (C=S) groups is 1. The molecule has 2 aliphatic rings. The molecule has 0 bridgehead atoms. The Balaban J connectivity index is 1.87. The molecule has 3 N–H and O–H groups in total. The number of hydrogen-bond acceptors (Lipinski definition) is 4. The summed E-state index contributed by atoms with van der Waals surface area (Å²) in [4.78, 5) is 0.418. The zero-order valence-corrected chi connectivity index (χ0v) is 17.1. The molecule has 4 nitrogen and oxygen atoms in total. The monoisotopic (exact) mass is 432 g/mol. The lowest BCUT2D eigenvalue weighted by atomic mass is 9.65. The Labute approximate surface area is 167 Å². The van der Waals surface area contributed by atoms with Crippen LogP contribution < -0.4 is 20.5 Å². The first-order valence-electron chi connectivity index (χ1n) is 8.56. The highest BCUT2D eigenvalue weighted by molar-refractivity contribution is 9.09. The molecular formula is C20H21BrN2O2S. The summed E-state index contributed by atoms with van der Waals surface area (Å²) in [6, 6.07) is 12.4. The van der Waals surface area contributed by atoms with Crippen LogP contribution in [-0.4, -0.2) is 24.0 Å². The van der Waals surface area contributed by atoms with Crippen LogP contribution in [0.1, 0.15) is 29.7 Å². The van der Waals surface area contributed by atoms with Crippen molar-refractivity contribution < 1.29 is 9.47 Å². The van der Waals surface area contributed by atoms with Gasteiger partial charge in [-0.05, 0) is 29.8 Å². The van der Waals surface area contributed by atoms with Gasteiger partial charge in [-0.3, -0.25) is 0 Å². The van der Waals surface area contributed by atoms with Gasteiger partial charge in [0.05, 0.1) is 19.8 Å². The largest absolute Gasteiger partial charge is 0.493 e. The number of hydrogen-bond donors (Lipinski definition) is 2. The van der Waals surface area contributed by atoms with Crippen LogP contribution >= 0.6 is 28.1 Å². The molecule has 6 heteroatoms. The third kappa shape index (κ3) is 2.50. The molecule has 136 valence electrons. The van der Waals surface area contributed by atoms with E-state index < -0.39 is 0 Å². The number of ether oxygens (including phenoxy) is 2. The van der Waals surface area contributed by atoms with E-state index in [4.69, 9.17) is 27.4 Å². The Morgan fingerprint density at radius 2 is 2.23 bits per heavy atom. The number of nitrogens with one attached hydrogen (secondary N) is 1. The normalized spacial score (nSPS) is 25.8. The highest BCUT2D eigenvalue weighted by Gasteiger charge is 2.49. The van der Waals surface area contributed by atoms with E-state index in [1.807, 2.05) is 18.2 Å². The molecular weight excluding hydrogens is 412 g/mol. The Bertz CT molecular complexity index is 888. The minimum Gasteiger partial charge on any atom is -0.493 e. The van der Waals surface area contributed by atoms with E-state index in [2.05, 4.69) is 46.4 Å². The van der Waals surface area contributed by atoms with Crippen molar-refractivity contribution in [2.45, 2.75) is 18.4 Å². The van der Waals surface area contributed by atoms with E-state index >= 15 is 0 Å². The second-order valence-corrected chi connectivity index (χ2v) is 8.09. The number of alkyl halides is 1. The zero-order chi connectivity index (χ0) is 18.5. The molecule has 0 amide bonds. The van der Waals surface area contributed by atoms with Gasteiger partial charge < -0.3 is 20.5 Å². The lowest BCUT2D eigenvalue weighted by Gasteiger charge is -2.49. The van der Waals surface area contributed by atoms with E-state index in [0.29, 0.717) is 11.6 Å². The second kappa shape index (κ2) is 6.43. The molecule has 2 aliphatic heterocycles. The highest BCUT2D eigenvalue weighted by Crippen LogP contribution is 2.54. The number of fused-ring (bicyclic) bond motifs is 4. The van der Waals surface area contributed by atoms with Crippen LogP contribution in [0.15, 0.2) is 36.4 Å². The topological polar surface area (TPSA) is 56.5 Å². The van der Waals surface area contributed by atoms with Crippen LogP contribution in [0.25, 0.3) is 0 Å². The molecule has 3 unspecified atom stereocenters. The summed E-state index contributed by atoms with van der Waals surface area (Å²) in [6.07, 6.45) is 0. The summed E-state index contributed by atoms with van der Waals surface area (Å²) < 4.78 is 11.7. The van der Waals surface area contributed by atoms with Gasteiger partial charge in [-0.25, -0.2) is 0 Å². The standard InChI is InChI=1S/C20H21BrN2O2S/c1-20(10-21)13-8-11(19(22)26)6-7-15(13)23-17-12-4-3-5-16(24-2)18(12)25-9-14(17)20/h3-8,14,17,23H,9-10H2,1-2H3,(H2,22,26). The Morgan fingerprint density at radius 3 is 2.92 bits per heavy atom. The average molecular weight is 433 g/mol. The van der Waals surface area contributed by atoms with E-state index in [-0.39, 0.29) is 17.4 Å². The number of anilines is 1. The fourth-order valence-electron chi connectivity index (χ4n) is 4.14. The molecule has 4 rings (SSSR count). The number of para-hydroxylation sites is 1. The van der Waals surface area contributed by atoms with Gasteiger partial charge in [0.25, 0.3) is 0 Å². The van der Waals surface area contributed by atoms with Crippen LogP contribution in [0.4, 0.5) is 5.69 Å². The minimum atomic E-state index is -0.118. The van der Waals surface area contributed by atoms with Gasteiger partial charge in [-0.2, -0.15) is 0 Å². The van der Waals surface area contributed by atoms with E-state index in [1.165, 1.54) is 5.56 Å². The van der Waals surface area contributed by atoms with E-state index in [1.54, 1.807) is 7.11 Å². The van der Waals surface area contributed by atoms with Crippen LogP contribution in [0, 0.1) is 5.92 Å². The van der Waals surface area contributed by atoms with Crippen molar-refractivity contribution in [3.05, 3.63) is 53.1 Å². The molecule has 0 saturated heterocycles. The summed E-state index contributed by atoms with van der Waals surface area (Å²) >= 11 is 8.94. The van der Waals surface area contributed by atoms with Crippen molar-refractivity contribution in [2.75, 3.05) is 24.4 Å². The van der Waals surface area contributed by atoms with Crippen molar-refractivity contribution in [1.29, 1.82) is 0 Å². The SMILES string of the molecule is COc1cccc2c1OCC1C2Nc2ccc(C(N)=S)cc2C1(C)CBr. The van der Waals surface area contributed by atoms with Gasteiger partial charge in [0.1, 0.15) is 4.99 Å². The first kappa shape index (κ1) is 17.6. The van der Waals surface area contributed by atoms with E-state index in [9.17, 15) is 0 Å². The molecule has 0 spiro atoms. The van der Waals surface area contributed by atoms with Gasteiger partial charge in [0, 0.05) is 33.5 Å². The summed E-state index contributed by atoms with van der Waals surface area (Å²) in [5.74, 6) is 1.87. The van der Waals surface area contributed by atoms with Gasteiger partial charge in [0.2, 0.25) is 0 Å². The van der Waals surface area contributed by atoms with Crippen LogP contribution in [0.5, 0.6) is 11.5 Å². The average Bonchev–Trinajstić information content (AvgIpc) is 2.67. The second-order valence-electron chi connectivity index (χ2n) is 7.09. The molecule has 0 fully saturated rings. The molecule has 0 radical (unpaired) electrons. The summed E-state index contributed by atoms with van der Waals surface area (Å²) in [5.41, 5.74) is 10.1. The van der Waals surface area contributed by atoms with Crippen molar-refractivity contribution in [3.63, 3.8) is 0 Å². The Morgan fingerprint density at radius 1 is 1.42 bits per heavy atom. The number of benzene rings is 2. The number of rotatable bonds is 3. The minimum absolute atomic E-state index is 0.118. The van der Waals surface area contributed by atoms with Crippen molar-refractivity contribution >= 4 is 38.8 Å². The van der Waals surface area contributed by atoms with Crippen LogP contribution in [0.3, 0.4) is 0 Å². The number of halogens is 1. The number of methoxy groups -OCH3 is 1. The summed E-state index contributed by atoms with van der Waals surface area (Å²) in [7, 11) is 1.68. The van der Waals surface area contributed by atoms with Crippen molar-refractivity contribution in [3.8, 4) is 11.5 Å². The van der Waals surface area contributed by atoms with Gasteiger partial charge >= 0.3 is 0 Å².